The molecule has 4 N–H and O–H groups in total. The SMILES string of the molecule is CC(=O)Nc1ncc(-c2ccc(-c3cnc(NC(C)=O)[nH]3)cc2)[nH]1. The summed E-state index contributed by atoms with van der Waals surface area (Å²) < 4.78 is 0. The fraction of sp³-hybridized carbons (Fsp3) is 0.125. The first kappa shape index (κ1) is 15.5. The maximum atomic E-state index is 11.0. The van der Waals surface area contributed by atoms with E-state index in [0.717, 1.165) is 22.5 Å². The summed E-state index contributed by atoms with van der Waals surface area (Å²) in [6.45, 7) is 2.85. The van der Waals surface area contributed by atoms with E-state index < -0.39 is 0 Å². The Kier molecular flexibility index (Phi) is 4.11. The lowest BCUT2D eigenvalue weighted by Gasteiger charge is -2.01. The first-order valence-corrected chi connectivity index (χ1v) is 7.27. The second kappa shape index (κ2) is 6.37. The van der Waals surface area contributed by atoms with E-state index >= 15 is 0 Å². The average molecular weight is 324 g/mol. The van der Waals surface area contributed by atoms with Crippen molar-refractivity contribution in [2.45, 2.75) is 13.8 Å². The average Bonchev–Trinajstić information content (AvgIpc) is 3.16. The molecule has 2 amide bonds. The summed E-state index contributed by atoms with van der Waals surface area (Å²) in [5.41, 5.74) is 3.47. The molecule has 0 saturated carbocycles. The monoisotopic (exact) mass is 324 g/mol. The van der Waals surface area contributed by atoms with E-state index in [1.807, 2.05) is 24.3 Å². The van der Waals surface area contributed by atoms with Crippen molar-refractivity contribution < 1.29 is 9.59 Å². The van der Waals surface area contributed by atoms with Crippen LogP contribution in [0, 0.1) is 0 Å². The molecule has 8 heteroatoms. The van der Waals surface area contributed by atoms with Gasteiger partial charge in [0.2, 0.25) is 23.7 Å². The second-order valence-corrected chi connectivity index (χ2v) is 5.23. The van der Waals surface area contributed by atoms with Crippen molar-refractivity contribution in [1.82, 2.24) is 19.9 Å². The minimum Gasteiger partial charge on any atom is -0.324 e. The Morgan fingerprint density at radius 3 is 1.50 bits per heavy atom. The third-order valence-corrected chi connectivity index (χ3v) is 3.25. The normalized spacial score (nSPS) is 10.4. The Balaban J connectivity index is 1.77. The Morgan fingerprint density at radius 2 is 1.17 bits per heavy atom. The number of hydrogen-bond donors (Lipinski definition) is 4. The largest absolute Gasteiger partial charge is 0.324 e. The first-order chi connectivity index (χ1) is 11.5. The molecule has 24 heavy (non-hydrogen) atoms. The predicted octanol–water partition coefficient (Wildman–Crippen LogP) is 2.38. The molecule has 0 atom stereocenters. The Hall–Kier alpha value is -3.42. The highest BCUT2D eigenvalue weighted by molar-refractivity contribution is 5.87. The number of rotatable bonds is 4. The number of aromatic amines is 2. The summed E-state index contributed by atoms with van der Waals surface area (Å²) in [5, 5.41) is 5.19. The third-order valence-electron chi connectivity index (χ3n) is 3.25. The van der Waals surface area contributed by atoms with Crippen LogP contribution < -0.4 is 10.6 Å². The van der Waals surface area contributed by atoms with Gasteiger partial charge in [-0.05, 0) is 11.1 Å². The number of nitrogens with zero attached hydrogens (tertiary/aromatic N) is 2. The molecule has 2 aromatic heterocycles. The van der Waals surface area contributed by atoms with Crippen molar-refractivity contribution >= 4 is 23.7 Å². The molecular formula is C16H16N6O2. The van der Waals surface area contributed by atoms with E-state index in [1.165, 1.54) is 13.8 Å². The number of nitrogens with one attached hydrogen (secondary N) is 4. The zero-order chi connectivity index (χ0) is 17.1. The third kappa shape index (κ3) is 3.49. The lowest BCUT2D eigenvalue weighted by atomic mass is 10.1. The topological polar surface area (TPSA) is 116 Å². The predicted molar refractivity (Wildman–Crippen MR) is 90.2 cm³/mol. The smallest absolute Gasteiger partial charge is 0.223 e. The Bertz CT molecular complexity index is 805. The van der Waals surface area contributed by atoms with Crippen molar-refractivity contribution in [1.29, 1.82) is 0 Å². The number of imidazole rings is 2. The van der Waals surface area contributed by atoms with Gasteiger partial charge in [-0.3, -0.25) is 20.2 Å². The molecule has 8 nitrogen and oxygen atoms in total. The van der Waals surface area contributed by atoms with Gasteiger partial charge >= 0.3 is 0 Å². The van der Waals surface area contributed by atoms with E-state index in [0.29, 0.717) is 11.9 Å². The summed E-state index contributed by atoms with van der Waals surface area (Å²) in [6.07, 6.45) is 3.32. The van der Waals surface area contributed by atoms with Gasteiger partial charge in [0.1, 0.15) is 0 Å². The number of carbonyl (C=O) groups is 2. The molecule has 0 unspecified atom stereocenters. The van der Waals surface area contributed by atoms with Crippen LogP contribution in [0.25, 0.3) is 22.5 Å². The van der Waals surface area contributed by atoms with E-state index in [4.69, 9.17) is 0 Å². The molecule has 1 aromatic carbocycles. The highest BCUT2D eigenvalue weighted by Gasteiger charge is 2.07. The molecule has 0 aliphatic rings. The fourth-order valence-electron chi connectivity index (χ4n) is 2.23. The molecule has 0 fully saturated rings. The maximum Gasteiger partial charge on any atom is 0.223 e. The lowest BCUT2D eigenvalue weighted by Crippen LogP contribution is -2.06. The Labute approximate surface area is 137 Å². The zero-order valence-corrected chi connectivity index (χ0v) is 13.2. The quantitative estimate of drug-likeness (QED) is 0.589. The van der Waals surface area contributed by atoms with Gasteiger partial charge < -0.3 is 9.97 Å². The molecular weight excluding hydrogens is 308 g/mol. The van der Waals surface area contributed by atoms with Gasteiger partial charge in [-0.2, -0.15) is 0 Å². The Morgan fingerprint density at radius 1 is 0.792 bits per heavy atom. The molecule has 3 rings (SSSR count). The van der Waals surface area contributed by atoms with Gasteiger partial charge in [0, 0.05) is 13.8 Å². The minimum atomic E-state index is -0.180. The van der Waals surface area contributed by atoms with Crippen LogP contribution in [0.4, 0.5) is 11.9 Å². The van der Waals surface area contributed by atoms with Crippen LogP contribution in [0.1, 0.15) is 13.8 Å². The number of anilines is 2. The summed E-state index contributed by atoms with van der Waals surface area (Å²) >= 11 is 0. The molecule has 0 spiro atoms. The van der Waals surface area contributed by atoms with Crippen molar-refractivity contribution in [3.05, 3.63) is 36.7 Å². The molecule has 0 aliphatic carbocycles. The minimum absolute atomic E-state index is 0.180. The molecule has 0 radical (unpaired) electrons. The number of hydrogen-bond acceptors (Lipinski definition) is 4. The van der Waals surface area contributed by atoms with Gasteiger partial charge in [-0.25, -0.2) is 9.97 Å². The zero-order valence-electron chi connectivity index (χ0n) is 13.2. The van der Waals surface area contributed by atoms with E-state index in [-0.39, 0.29) is 11.8 Å². The number of H-pyrrole nitrogens is 2. The van der Waals surface area contributed by atoms with Crippen LogP contribution in [0.2, 0.25) is 0 Å². The molecule has 3 aromatic rings. The van der Waals surface area contributed by atoms with E-state index in [2.05, 4.69) is 30.6 Å². The van der Waals surface area contributed by atoms with Gasteiger partial charge in [-0.15, -0.1) is 0 Å². The maximum absolute atomic E-state index is 11.0. The van der Waals surface area contributed by atoms with Gasteiger partial charge in [0.25, 0.3) is 0 Å². The highest BCUT2D eigenvalue weighted by Crippen LogP contribution is 2.24. The van der Waals surface area contributed by atoms with Crippen LogP contribution in [0.5, 0.6) is 0 Å². The van der Waals surface area contributed by atoms with Crippen LogP contribution in [0.15, 0.2) is 36.7 Å². The van der Waals surface area contributed by atoms with Crippen LogP contribution in [-0.4, -0.2) is 31.8 Å². The molecule has 2 heterocycles. The second-order valence-electron chi connectivity index (χ2n) is 5.23. The highest BCUT2D eigenvalue weighted by atomic mass is 16.2. The van der Waals surface area contributed by atoms with Crippen molar-refractivity contribution in [3.8, 4) is 22.5 Å². The molecule has 0 aliphatic heterocycles. The summed E-state index contributed by atoms with van der Waals surface area (Å²) in [7, 11) is 0. The van der Waals surface area contributed by atoms with Crippen molar-refractivity contribution in [2.75, 3.05) is 10.6 Å². The number of aromatic nitrogens is 4. The molecule has 122 valence electrons. The summed E-state index contributed by atoms with van der Waals surface area (Å²) in [6, 6.07) is 7.72. The number of carbonyl (C=O) groups excluding carboxylic acids is 2. The summed E-state index contributed by atoms with van der Waals surface area (Å²) in [4.78, 5) is 36.3. The number of amides is 2. The van der Waals surface area contributed by atoms with Crippen molar-refractivity contribution in [3.63, 3.8) is 0 Å². The fourth-order valence-corrected chi connectivity index (χ4v) is 2.23. The van der Waals surface area contributed by atoms with Gasteiger partial charge in [0.15, 0.2) is 0 Å². The van der Waals surface area contributed by atoms with E-state index in [9.17, 15) is 9.59 Å². The summed E-state index contributed by atoms with van der Waals surface area (Å²) in [5.74, 6) is 0.464. The van der Waals surface area contributed by atoms with Crippen molar-refractivity contribution in [2.24, 2.45) is 0 Å². The van der Waals surface area contributed by atoms with Crippen LogP contribution in [0.3, 0.4) is 0 Å². The standard InChI is InChI=1S/C16H16N6O2/c1-9(23)19-15-17-7-13(21-15)11-3-5-12(6-4-11)14-8-18-16(22-14)20-10(2)24/h3-8H,1-2H3,(H2,17,19,21,23)(H2,18,20,22,24). The number of benzene rings is 1. The van der Waals surface area contributed by atoms with Gasteiger partial charge in [0.05, 0.1) is 23.8 Å². The van der Waals surface area contributed by atoms with Gasteiger partial charge in [-0.1, -0.05) is 24.3 Å². The lowest BCUT2D eigenvalue weighted by molar-refractivity contribution is -0.115. The van der Waals surface area contributed by atoms with Crippen LogP contribution >= 0.6 is 0 Å². The van der Waals surface area contributed by atoms with Crippen LogP contribution in [-0.2, 0) is 9.59 Å². The first-order valence-electron chi connectivity index (χ1n) is 7.27. The molecule has 0 bridgehead atoms. The van der Waals surface area contributed by atoms with E-state index in [1.54, 1.807) is 12.4 Å². The molecule has 0 saturated heterocycles.